The molecule has 4 N–H and O–H groups in total. The van der Waals surface area contributed by atoms with Gasteiger partial charge in [-0.2, -0.15) is 4.98 Å². The Labute approximate surface area is 124 Å². The molecule has 7 heteroatoms. The van der Waals surface area contributed by atoms with Crippen LogP contribution < -0.4 is 16.2 Å². The highest BCUT2D eigenvalue weighted by molar-refractivity contribution is 7.18. The van der Waals surface area contributed by atoms with E-state index >= 15 is 0 Å². The number of thiophene rings is 1. The molecule has 0 fully saturated rings. The molecule has 3 aromatic rings. The summed E-state index contributed by atoms with van der Waals surface area (Å²) in [6.45, 7) is 1.96. The number of hydrogen-bond donors (Lipinski definition) is 2. The molecule has 0 spiro atoms. The molecule has 1 amide bonds. The van der Waals surface area contributed by atoms with Crippen LogP contribution >= 0.6 is 11.3 Å². The zero-order valence-corrected chi connectivity index (χ0v) is 12.0. The fraction of sp³-hybridized carbons (Fsp3) is 0.0714. The summed E-state index contributed by atoms with van der Waals surface area (Å²) in [5.41, 5.74) is 11.3. The predicted octanol–water partition coefficient (Wildman–Crippen LogP) is 2.47. The van der Waals surface area contributed by atoms with Crippen molar-refractivity contribution in [3.8, 4) is 11.6 Å². The molecule has 0 saturated heterocycles. The largest absolute Gasteiger partial charge is 0.437 e. The number of rotatable bonds is 3. The molecule has 1 aromatic carbocycles. The molecule has 0 atom stereocenters. The van der Waals surface area contributed by atoms with E-state index in [1.54, 1.807) is 24.3 Å². The first-order valence-electron chi connectivity index (χ1n) is 6.15. The molecule has 0 unspecified atom stereocenters. The molecule has 21 heavy (non-hydrogen) atoms. The number of aromatic nitrogens is 2. The molecule has 0 aliphatic carbocycles. The third-order valence-electron chi connectivity index (χ3n) is 2.86. The Morgan fingerprint density at radius 1 is 1.29 bits per heavy atom. The molecule has 6 nitrogen and oxygen atoms in total. The van der Waals surface area contributed by atoms with Gasteiger partial charge < -0.3 is 16.2 Å². The second-order valence-electron chi connectivity index (χ2n) is 4.43. The van der Waals surface area contributed by atoms with Crippen molar-refractivity contribution in [3.63, 3.8) is 0 Å². The molecule has 2 heterocycles. The number of primary amides is 1. The molecule has 3 rings (SSSR count). The van der Waals surface area contributed by atoms with Crippen LogP contribution in [0, 0.1) is 6.92 Å². The standard InChI is InChI=1S/C14H12N4O2S/c1-7-6-9-12(17-14(16)18-13(9)21-7)20-10-5-3-2-4-8(10)11(15)19/h2-6H,1H3,(H2,15,19)(H2,16,17,18). The van der Waals surface area contributed by atoms with Crippen molar-refractivity contribution in [2.75, 3.05) is 5.73 Å². The average Bonchev–Trinajstić information content (AvgIpc) is 2.79. The average molecular weight is 300 g/mol. The zero-order valence-electron chi connectivity index (χ0n) is 11.2. The third kappa shape index (κ3) is 2.50. The fourth-order valence-corrected chi connectivity index (χ4v) is 2.85. The maximum atomic E-state index is 11.4. The van der Waals surface area contributed by atoms with Gasteiger partial charge in [-0.3, -0.25) is 4.79 Å². The molecule has 0 radical (unpaired) electrons. The summed E-state index contributed by atoms with van der Waals surface area (Å²) in [5.74, 6) is 0.213. The minimum Gasteiger partial charge on any atom is -0.437 e. The summed E-state index contributed by atoms with van der Waals surface area (Å²) in [4.78, 5) is 21.5. The van der Waals surface area contributed by atoms with Gasteiger partial charge in [0.2, 0.25) is 11.8 Å². The quantitative estimate of drug-likeness (QED) is 0.773. The van der Waals surface area contributed by atoms with Gasteiger partial charge in [-0.15, -0.1) is 11.3 Å². The fourth-order valence-electron chi connectivity index (χ4n) is 1.97. The summed E-state index contributed by atoms with van der Waals surface area (Å²) >= 11 is 1.50. The van der Waals surface area contributed by atoms with Crippen LogP contribution in [0.1, 0.15) is 15.2 Å². The maximum Gasteiger partial charge on any atom is 0.252 e. The van der Waals surface area contributed by atoms with Crippen LogP contribution in [-0.2, 0) is 0 Å². The van der Waals surface area contributed by atoms with Gasteiger partial charge in [0.1, 0.15) is 10.6 Å². The summed E-state index contributed by atoms with van der Waals surface area (Å²) in [7, 11) is 0. The number of ether oxygens (including phenoxy) is 1. The van der Waals surface area contributed by atoms with Gasteiger partial charge in [0, 0.05) is 4.88 Å². The number of benzene rings is 1. The van der Waals surface area contributed by atoms with E-state index in [-0.39, 0.29) is 11.5 Å². The number of hydrogen-bond acceptors (Lipinski definition) is 6. The normalized spacial score (nSPS) is 10.7. The monoisotopic (exact) mass is 300 g/mol. The highest BCUT2D eigenvalue weighted by Crippen LogP contribution is 2.34. The maximum absolute atomic E-state index is 11.4. The number of carbonyl (C=O) groups excluding carboxylic acids is 1. The molecule has 2 aromatic heterocycles. The lowest BCUT2D eigenvalue weighted by Gasteiger charge is -2.09. The van der Waals surface area contributed by atoms with E-state index in [0.717, 1.165) is 15.1 Å². The summed E-state index contributed by atoms with van der Waals surface area (Å²) in [5, 5.41) is 0.756. The second kappa shape index (κ2) is 5.02. The number of fused-ring (bicyclic) bond motifs is 1. The highest BCUT2D eigenvalue weighted by atomic mass is 32.1. The van der Waals surface area contributed by atoms with E-state index < -0.39 is 5.91 Å². The number of amides is 1. The third-order valence-corrected chi connectivity index (χ3v) is 3.80. The molecular weight excluding hydrogens is 288 g/mol. The van der Waals surface area contributed by atoms with Crippen molar-refractivity contribution in [3.05, 3.63) is 40.8 Å². The molecular formula is C14H12N4O2S. The van der Waals surface area contributed by atoms with Crippen LogP contribution in [0.5, 0.6) is 11.6 Å². The van der Waals surface area contributed by atoms with Gasteiger partial charge in [-0.05, 0) is 25.1 Å². The van der Waals surface area contributed by atoms with Gasteiger partial charge in [0.15, 0.2) is 0 Å². The smallest absolute Gasteiger partial charge is 0.252 e. The molecule has 0 bridgehead atoms. The lowest BCUT2D eigenvalue weighted by molar-refractivity contribution is 0.0998. The number of nitrogens with zero attached hydrogens (tertiary/aromatic N) is 2. The van der Waals surface area contributed by atoms with Gasteiger partial charge >= 0.3 is 0 Å². The number of para-hydroxylation sites is 1. The van der Waals surface area contributed by atoms with E-state index in [9.17, 15) is 4.79 Å². The van der Waals surface area contributed by atoms with Crippen LogP contribution in [0.2, 0.25) is 0 Å². The van der Waals surface area contributed by atoms with E-state index in [1.165, 1.54) is 11.3 Å². The Morgan fingerprint density at radius 3 is 2.81 bits per heavy atom. The number of anilines is 1. The molecule has 0 aliphatic heterocycles. The van der Waals surface area contributed by atoms with E-state index in [4.69, 9.17) is 16.2 Å². The van der Waals surface area contributed by atoms with E-state index in [1.807, 2.05) is 13.0 Å². The summed E-state index contributed by atoms with van der Waals surface area (Å²) < 4.78 is 5.75. The van der Waals surface area contributed by atoms with Crippen LogP contribution in [0.15, 0.2) is 30.3 Å². The second-order valence-corrected chi connectivity index (χ2v) is 5.66. The van der Waals surface area contributed by atoms with Crippen LogP contribution in [0.25, 0.3) is 10.2 Å². The topological polar surface area (TPSA) is 104 Å². The van der Waals surface area contributed by atoms with Crippen LogP contribution in [-0.4, -0.2) is 15.9 Å². The van der Waals surface area contributed by atoms with Crippen LogP contribution in [0.3, 0.4) is 0 Å². The molecule has 0 aliphatic rings. The number of nitrogen functional groups attached to an aromatic ring is 1. The minimum atomic E-state index is -0.564. The lowest BCUT2D eigenvalue weighted by atomic mass is 10.2. The Bertz CT molecular complexity index is 844. The molecule has 106 valence electrons. The molecule has 0 saturated carbocycles. The number of carbonyl (C=O) groups is 1. The Hall–Kier alpha value is -2.67. The van der Waals surface area contributed by atoms with Crippen LogP contribution in [0.4, 0.5) is 5.95 Å². The van der Waals surface area contributed by atoms with Gasteiger partial charge in [0.25, 0.3) is 5.91 Å². The van der Waals surface area contributed by atoms with Crippen molar-refractivity contribution in [1.82, 2.24) is 9.97 Å². The van der Waals surface area contributed by atoms with Gasteiger partial charge in [0.05, 0.1) is 10.9 Å². The van der Waals surface area contributed by atoms with Crippen molar-refractivity contribution in [1.29, 1.82) is 0 Å². The number of nitrogens with two attached hydrogens (primary N) is 2. The first-order chi connectivity index (χ1) is 10.0. The lowest BCUT2D eigenvalue weighted by Crippen LogP contribution is -2.12. The first-order valence-corrected chi connectivity index (χ1v) is 6.96. The van der Waals surface area contributed by atoms with Crippen molar-refractivity contribution in [2.24, 2.45) is 5.73 Å². The summed E-state index contributed by atoms with van der Waals surface area (Å²) in [6, 6.07) is 8.64. The Balaban J connectivity index is 2.12. The Kier molecular flexibility index (Phi) is 3.19. The van der Waals surface area contributed by atoms with Crippen molar-refractivity contribution in [2.45, 2.75) is 6.92 Å². The summed E-state index contributed by atoms with van der Waals surface area (Å²) in [6.07, 6.45) is 0. The highest BCUT2D eigenvalue weighted by Gasteiger charge is 2.14. The Morgan fingerprint density at radius 2 is 2.05 bits per heavy atom. The predicted molar refractivity (Wildman–Crippen MR) is 81.6 cm³/mol. The van der Waals surface area contributed by atoms with Gasteiger partial charge in [-0.25, -0.2) is 4.98 Å². The van der Waals surface area contributed by atoms with Gasteiger partial charge in [-0.1, -0.05) is 12.1 Å². The zero-order chi connectivity index (χ0) is 15.0. The number of aryl methyl sites for hydroxylation is 1. The first kappa shape index (κ1) is 13.3. The van der Waals surface area contributed by atoms with Crippen molar-refractivity contribution < 1.29 is 9.53 Å². The van der Waals surface area contributed by atoms with Crippen molar-refractivity contribution >= 4 is 33.4 Å². The van der Waals surface area contributed by atoms with E-state index in [2.05, 4.69) is 9.97 Å². The van der Waals surface area contributed by atoms with E-state index in [0.29, 0.717) is 11.6 Å². The minimum absolute atomic E-state index is 0.121. The SMILES string of the molecule is Cc1cc2c(Oc3ccccc3C(N)=O)nc(N)nc2s1.